The van der Waals surface area contributed by atoms with Gasteiger partial charge in [0.1, 0.15) is 0 Å². The highest BCUT2D eigenvalue weighted by atomic mass is 79.9. The normalized spacial score (nSPS) is 30.3. The predicted molar refractivity (Wildman–Crippen MR) is 115 cm³/mol. The van der Waals surface area contributed by atoms with Crippen LogP contribution in [0.15, 0.2) is 23.2 Å². The minimum absolute atomic E-state index is 0.228. The molecule has 0 spiro atoms. The third-order valence-corrected chi connectivity index (χ3v) is 12.1. The zero-order valence-corrected chi connectivity index (χ0v) is 21.8. The molecule has 3 aliphatic rings. The average Bonchev–Trinajstić information content (AvgIpc) is 3.12. The van der Waals surface area contributed by atoms with Gasteiger partial charge in [0.2, 0.25) is 0 Å². The lowest BCUT2D eigenvalue weighted by Crippen LogP contribution is -2.32. The van der Waals surface area contributed by atoms with Crippen LogP contribution >= 0.6 is 47.1 Å². The third-order valence-electron chi connectivity index (χ3n) is 5.17. The van der Waals surface area contributed by atoms with Gasteiger partial charge >= 0.3 is 15.2 Å². The van der Waals surface area contributed by atoms with Crippen LogP contribution < -0.4 is 0 Å². The van der Waals surface area contributed by atoms with E-state index in [9.17, 15) is 9.13 Å². The van der Waals surface area contributed by atoms with Crippen molar-refractivity contribution in [1.82, 2.24) is 0 Å². The maximum atomic E-state index is 13.3. The minimum Gasteiger partial charge on any atom is -0.456 e. The van der Waals surface area contributed by atoms with Crippen molar-refractivity contribution in [3.63, 3.8) is 0 Å². The Morgan fingerprint density at radius 2 is 1.17 bits per heavy atom. The van der Waals surface area contributed by atoms with Gasteiger partial charge in [-0.25, -0.2) is 0 Å². The lowest BCUT2D eigenvalue weighted by molar-refractivity contribution is -0.134. The first-order valence-corrected chi connectivity index (χ1v) is 14.2. The fourth-order valence-corrected chi connectivity index (χ4v) is 9.35. The van der Waals surface area contributed by atoms with E-state index in [1.54, 1.807) is 27.7 Å². The van der Waals surface area contributed by atoms with Crippen molar-refractivity contribution in [2.24, 2.45) is 5.41 Å². The summed E-state index contributed by atoms with van der Waals surface area (Å²) in [6.45, 7) is 7.91. The average molecular weight is 580 g/mol. The Labute approximate surface area is 188 Å². The van der Waals surface area contributed by atoms with Crippen LogP contribution in [0.5, 0.6) is 0 Å². The molecule has 12 heteroatoms. The fourth-order valence-electron chi connectivity index (χ4n) is 3.87. The predicted octanol–water partition coefficient (Wildman–Crippen LogP) is 6.22. The Kier molecular flexibility index (Phi) is 6.92. The Bertz CT molecular complexity index is 737. The van der Waals surface area contributed by atoms with E-state index in [2.05, 4.69) is 31.9 Å². The molecule has 0 radical (unpaired) electrons. The van der Waals surface area contributed by atoms with Gasteiger partial charge in [-0.05, 0) is 40.5 Å². The van der Waals surface area contributed by atoms with Gasteiger partial charge in [-0.2, -0.15) is 0 Å². The molecule has 0 aromatic carbocycles. The largest absolute Gasteiger partial charge is 0.456 e. The number of halogens is 2. The number of rotatable bonds is 10. The molecule has 0 aromatic heterocycles. The van der Waals surface area contributed by atoms with Gasteiger partial charge in [-0.15, -0.1) is 0 Å². The maximum Gasteiger partial charge on any atom is 0.360 e. The first kappa shape index (κ1) is 24.0. The summed E-state index contributed by atoms with van der Waals surface area (Å²) < 4.78 is 59.7. The van der Waals surface area contributed by atoms with Gasteiger partial charge in [-0.1, -0.05) is 31.9 Å². The summed E-state index contributed by atoms with van der Waals surface area (Å²) in [4.78, 5) is 0. The fraction of sp³-hybridized carbons (Fsp3) is 0.765. The quantitative estimate of drug-likeness (QED) is 0.222. The van der Waals surface area contributed by atoms with Crippen molar-refractivity contribution in [2.45, 2.75) is 49.6 Å². The van der Waals surface area contributed by atoms with Gasteiger partial charge in [0.05, 0.1) is 55.0 Å². The molecule has 0 unspecified atom stereocenters. The van der Waals surface area contributed by atoms with Gasteiger partial charge in [0.25, 0.3) is 5.79 Å². The van der Waals surface area contributed by atoms with Crippen LogP contribution in [0, 0.1) is 5.41 Å². The first-order chi connectivity index (χ1) is 13.6. The molecule has 3 rings (SSSR count). The summed E-state index contributed by atoms with van der Waals surface area (Å²) in [7, 11) is -7.06. The Morgan fingerprint density at radius 3 is 1.48 bits per heavy atom. The zero-order valence-electron chi connectivity index (χ0n) is 16.8. The molecule has 0 bridgehead atoms. The summed E-state index contributed by atoms with van der Waals surface area (Å²) in [5, 5.41) is 0.815. The van der Waals surface area contributed by atoms with E-state index in [0.29, 0.717) is 10.6 Å². The number of alkyl halides is 2. The lowest BCUT2D eigenvalue weighted by atomic mass is 9.94. The van der Waals surface area contributed by atoms with Crippen molar-refractivity contribution in [3.8, 4) is 0 Å². The van der Waals surface area contributed by atoms with E-state index in [1.165, 1.54) is 12.5 Å². The van der Waals surface area contributed by atoms with Crippen LogP contribution in [0.2, 0.25) is 0 Å². The van der Waals surface area contributed by atoms with Gasteiger partial charge in [-0.3, -0.25) is 9.13 Å². The van der Waals surface area contributed by atoms with Crippen LogP contribution in [-0.4, -0.2) is 35.4 Å². The summed E-state index contributed by atoms with van der Waals surface area (Å²) in [6, 6.07) is 0. The smallest absolute Gasteiger partial charge is 0.360 e. The van der Waals surface area contributed by atoms with E-state index in [1.807, 2.05) is 0 Å². The van der Waals surface area contributed by atoms with Crippen LogP contribution in [0.25, 0.3) is 0 Å². The molecule has 29 heavy (non-hydrogen) atoms. The molecule has 0 aromatic rings. The summed E-state index contributed by atoms with van der Waals surface area (Å²) in [5.74, 6) is -1.08. The van der Waals surface area contributed by atoms with E-state index < -0.39 is 29.6 Å². The second-order valence-corrected chi connectivity index (χ2v) is 14.4. The molecule has 2 aliphatic heterocycles. The Balaban J connectivity index is 1.96. The summed E-state index contributed by atoms with van der Waals surface area (Å²) in [6.07, 6.45) is 3.38. The standard InChI is InChI=1S/C17H26Br2O8P2/c1-5-24-28(20,25-6-2)13-9-15-10-14(29(21,26-7-3)27-8-4)12-23-17(15,22-11-13)16(15,18)19/h11-12H,5-10H2,1-4H3. The monoisotopic (exact) mass is 578 g/mol. The van der Waals surface area contributed by atoms with E-state index in [-0.39, 0.29) is 39.3 Å². The molecule has 166 valence electrons. The van der Waals surface area contributed by atoms with Crippen molar-refractivity contribution in [2.75, 3.05) is 26.4 Å². The van der Waals surface area contributed by atoms with Crippen LogP contribution in [0.4, 0.5) is 0 Å². The van der Waals surface area contributed by atoms with Crippen molar-refractivity contribution in [3.05, 3.63) is 23.2 Å². The second kappa shape index (κ2) is 8.36. The topological polar surface area (TPSA) is 89.5 Å². The van der Waals surface area contributed by atoms with Crippen molar-refractivity contribution >= 4 is 47.1 Å². The molecule has 2 heterocycles. The van der Waals surface area contributed by atoms with E-state index >= 15 is 0 Å². The van der Waals surface area contributed by atoms with Gasteiger partial charge in [0.15, 0.2) is 3.23 Å². The second-order valence-electron chi connectivity index (χ2n) is 6.75. The summed E-state index contributed by atoms with van der Waals surface area (Å²) >= 11 is 7.31. The highest BCUT2D eigenvalue weighted by molar-refractivity contribution is 9.25. The molecule has 1 fully saturated rings. The molecule has 0 saturated heterocycles. The maximum absolute atomic E-state index is 13.3. The van der Waals surface area contributed by atoms with E-state index in [4.69, 9.17) is 27.6 Å². The molecular formula is C17H26Br2O8P2. The van der Waals surface area contributed by atoms with Crippen LogP contribution in [0.3, 0.4) is 0 Å². The molecule has 0 atom stereocenters. The summed E-state index contributed by atoms with van der Waals surface area (Å²) in [5.41, 5.74) is -0.748. The van der Waals surface area contributed by atoms with Crippen LogP contribution in [-0.2, 0) is 36.7 Å². The minimum atomic E-state index is -3.53. The number of allylic oxidation sites excluding steroid dienone is 2. The third kappa shape index (κ3) is 3.46. The molecule has 0 amide bonds. The first-order valence-electron chi connectivity index (χ1n) is 9.52. The van der Waals surface area contributed by atoms with E-state index in [0.717, 1.165) is 0 Å². The molecular weight excluding hydrogens is 554 g/mol. The van der Waals surface area contributed by atoms with Crippen LogP contribution in [0.1, 0.15) is 40.5 Å². The van der Waals surface area contributed by atoms with Gasteiger partial charge < -0.3 is 27.6 Å². The number of hydrogen-bond donors (Lipinski definition) is 0. The molecule has 1 saturated carbocycles. The zero-order chi connectivity index (χ0) is 21.6. The SMILES string of the molecule is CCOP(=O)(OCC)C1=COC23OC=C(P(=O)(OCC)OCC)CC2(C1)C3(Br)Br. The molecule has 1 aliphatic carbocycles. The Morgan fingerprint density at radius 1 is 0.828 bits per heavy atom. The highest BCUT2D eigenvalue weighted by Crippen LogP contribution is 2.86. The highest BCUT2D eigenvalue weighted by Gasteiger charge is 2.93. The van der Waals surface area contributed by atoms with Crippen molar-refractivity contribution < 1.29 is 36.7 Å². The van der Waals surface area contributed by atoms with Crippen molar-refractivity contribution in [1.29, 1.82) is 0 Å². The lowest BCUT2D eigenvalue weighted by Gasteiger charge is -2.35. The number of hydrogen-bond acceptors (Lipinski definition) is 8. The molecule has 0 N–H and O–H groups in total. The van der Waals surface area contributed by atoms with Gasteiger partial charge in [0, 0.05) is 0 Å². The number of ether oxygens (including phenoxy) is 2. The Hall–Kier alpha value is 0.340. The molecule has 8 nitrogen and oxygen atoms in total.